The number of rotatable bonds is 6. The fourth-order valence-electron chi connectivity index (χ4n) is 1.40. The van der Waals surface area contributed by atoms with E-state index >= 15 is 0 Å². The van der Waals surface area contributed by atoms with Crippen LogP contribution in [-0.4, -0.2) is 25.6 Å². The first-order chi connectivity index (χ1) is 8.27. The standard InChI is InChI=1S/C13H21N3S/c1-4-8-15-13(14-5-2)16-10-11(3)12-7-6-9-17-12/h4,6-7,9,11H,1,5,8,10H2,2-3H3,(H2,14,15,16). The second kappa shape index (κ2) is 7.90. The summed E-state index contributed by atoms with van der Waals surface area (Å²) in [5.74, 6) is 1.32. The summed E-state index contributed by atoms with van der Waals surface area (Å²) in [4.78, 5) is 5.94. The van der Waals surface area contributed by atoms with Crippen LogP contribution < -0.4 is 10.6 Å². The highest BCUT2D eigenvalue weighted by Crippen LogP contribution is 2.20. The molecule has 0 spiro atoms. The van der Waals surface area contributed by atoms with Crippen LogP contribution in [0.3, 0.4) is 0 Å². The van der Waals surface area contributed by atoms with Crippen LogP contribution in [0, 0.1) is 0 Å². The minimum atomic E-state index is 0.467. The number of thiophene rings is 1. The molecule has 0 aliphatic heterocycles. The van der Waals surface area contributed by atoms with Crippen LogP contribution in [0.25, 0.3) is 0 Å². The van der Waals surface area contributed by atoms with E-state index in [1.165, 1.54) is 4.88 Å². The molecule has 1 aromatic rings. The Bertz CT molecular complexity index is 344. The summed E-state index contributed by atoms with van der Waals surface area (Å²) in [6.45, 7) is 10.4. The molecule has 17 heavy (non-hydrogen) atoms. The van der Waals surface area contributed by atoms with E-state index in [1.54, 1.807) is 11.3 Å². The minimum absolute atomic E-state index is 0.467. The normalized spacial score (nSPS) is 13.2. The van der Waals surface area contributed by atoms with Gasteiger partial charge < -0.3 is 10.6 Å². The Morgan fingerprint density at radius 1 is 1.59 bits per heavy atom. The number of aliphatic imine (C=N–C) groups is 1. The molecule has 0 aliphatic carbocycles. The first-order valence-electron chi connectivity index (χ1n) is 5.94. The molecule has 0 fully saturated rings. The molecule has 1 rings (SSSR count). The van der Waals surface area contributed by atoms with Gasteiger partial charge in [-0.1, -0.05) is 19.1 Å². The van der Waals surface area contributed by atoms with Crippen molar-refractivity contribution in [2.45, 2.75) is 19.8 Å². The maximum Gasteiger partial charge on any atom is 0.191 e. The number of nitrogens with one attached hydrogen (secondary N) is 2. The maximum atomic E-state index is 4.56. The van der Waals surface area contributed by atoms with Gasteiger partial charge in [0.2, 0.25) is 0 Å². The predicted molar refractivity (Wildman–Crippen MR) is 76.9 cm³/mol. The zero-order valence-corrected chi connectivity index (χ0v) is 11.4. The number of guanidine groups is 1. The molecule has 0 aromatic carbocycles. The van der Waals surface area contributed by atoms with Gasteiger partial charge >= 0.3 is 0 Å². The van der Waals surface area contributed by atoms with Gasteiger partial charge in [0.1, 0.15) is 0 Å². The van der Waals surface area contributed by atoms with E-state index in [4.69, 9.17) is 0 Å². The topological polar surface area (TPSA) is 36.4 Å². The second-order valence-electron chi connectivity index (χ2n) is 3.81. The average molecular weight is 251 g/mol. The Morgan fingerprint density at radius 2 is 2.41 bits per heavy atom. The minimum Gasteiger partial charge on any atom is -0.357 e. The Labute approximate surface area is 108 Å². The quantitative estimate of drug-likeness (QED) is 0.463. The largest absolute Gasteiger partial charge is 0.357 e. The van der Waals surface area contributed by atoms with Crippen molar-refractivity contribution in [2.75, 3.05) is 19.6 Å². The summed E-state index contributed by atoms with van der Waals surface area (Å²) in [7, 11) is 0. The molecule has 3 nitrogen and oxygen atoms in total. The van der Waals surface area contributed by atoms with Gasteiger partial charge in [0, 0.05) is 23.9 Å². The molecule has 0 radical (unpaired) electrons. The summed E-state index contributed by atoms with van der Waals surface area (Å²) in [5.41, 5.74) is 0. The van der Waals surface area contributed by atoms with Crippen LogP contribution in [0.1, 0.15) is 24.6 Å². The smallest absolute Gasteiger partial charge is 0.191 e. The first kappa shape index (κ1) is 13.8. The highest BCUT2D eigenvalue weighted by Gasteiger charge is 2.05. The van der Waals surface area contributed by atoms with E-state index in [1.807, 2.05) is 6.08 Å². The van der Waals surface area contributed by atoms with Crippen LogP contribution >= 0.6 is 11.3 Å². The summed E-state index contributed by atoms with van der Waals surface area (Å²) >= 11 is 1.79. The van der Waals surface area contributed by atoms with E-state index in [0.29, 0.717) is 5.92 Å². The van der Waals surface area contributed by atoms with E-state index in [2.05, 4.69) is 53.6 Å². The third kappa shape index (κ3) is 5.04. The molecular weight excluding hydrogens is 230 g/mol. The van der Waals surface area contributed by atoms with E-state index in [-0.39, 0.29) is 0 Å². The average Bonchev–Trinajstić information content (AvgIpc) is 2.86. The molecule has 0 aliphatic rings. The predicted octanol–water partition coefficient (Wildman–Crippen LogP) is 2.59. The third-order valence-electron chi connectivity index (χ3n) is 2.31. The van der Waals surface area contributed by atoms with Gasteiger partial charge in [-0.05, 0) is 18.4 Å². The molecule has 0 saturated carbocycles. The van der Waals surface area contributed by atoms with Crippen molar-refractivity contribution in [3.05, 3.63) is 35.0 Å². The molecule has 0 saturated heterocycles. The van der Waals surface area contributed by atoms with Crippen LogP contribution in [-0.2, 0) is 0 Å². The van der Waals surface area contributed by atoms with Gasteiger partial charge in [-0.2, -0.15) is 0 Å². The Morgan fingerprint density at radius 3 is 3.00 bits per heavy atom. The van der Waals surface area contributed by atoms with Crippen molar-refractivity contribution in [1.82, 2.24) is 10.6 Å². The van der Waals surface area contributed by atoms with Crippen molar-refractivity contribution in [2.24, 2.45) is 4.99 Å². The Hall–Kier alpha value is -1.29. The maximum absolute atomic E-state index is 4.56. The van der Waals surface area contributed by atoms with Gasteiger partial charge in [-0.15, -0.1) is 17.9 Å². The molecule has 4 heteroatoms. The van der Waals surface area contributed by atoms with Crippen LogP contribution in [0.5, 0.6) is 0 Å². The zero-order chi connectivity index (χ0) is 12.5. The molecule has 1 heterocycles. The van der Waals surface area contributed by atoms with E-state index < -0.39 is 0 Å². The molecular formula is C13H21N3S. The molecule has 1 unspecified atom stereocenters. The lowest BCUT2D eigenvalue weighted by Crippen LogP contribution is -2.37. The lowest BCUT2D eigenvalue weighted by molar-refractivity contribution is 0.769. The number of hydrogen-bond acceptors (Lipinski definition) is 2. The lowest BCUT2D eigenvalue weighted by atomic mass is 10.1. The van der Waals surface area contributed by atoms with Crippen molar-refractivity contribution < 1.29 is 0 Å². The van der Waals surface area contributed by atoms with Crippen molar-refractivity contribution in [1.29, 1.82) is 0 Å². The van der Waals surface area contributed by atoms with Gasteiger partial charge in [0.25, 0.3) is 0 Å². The monoisotopic (exact) mass is 251 g/mol. The van der Waals surface area contributed by atoms with E-state index in [9.17, 15) is 0 Å². The van der Waals surface area contributed by atoms with Crippen LogP contribution in [0.15, 0.2) is 35.2 Å². The van der Waals surface area contributed by atoms with Crippen molar-refractivity contribution >= 4 is 17.3 Å². The lowest BCUT2D eigenvalue weighted by Gasteiger charge is -2.11. The highest BCUT2D eigenvalue weighted by molar-refractivity contribution is 7.10. The molecule has 2 N–H and O–H groups in total. The van der Waals surface area contributed by atoms with Crippen molar-refractivity contribution in [3.63, 3.8) is 0 Å². The third-order valence-corrected chi connectivity index (χ3v) is 3.41. The van der Waals surface area contributed by atoms with E-state index in [0.717, 1.165) is 25.6 Å². The van der Waals surface area contributed by atoms with Gasteiger partial charge in [-0.3, -0.25) is 4.99 Å². The summed E-state index contributed by atoms with van der Waals surface area (Å²) in [6.07, 6.45) is 1.83. The molecule has 1 aromatic heterocycles. The fraction of sp³-hybridized carbons (Fsp3) is 0.462. The Kier molecular flexibility index (Phi) is 6.40. The number of hydrogen-bond donors (Lipinski definition) is 2. The van der Waals surface area contributed by atoms with Crippen molar-refractivity contribution in [3.8, 4) is 0 Å². The van der Waals surface area contributed by atoms with Gasteiger partial charge in [-0.25, -0.2) is 0 Å². The molecule has 0 bridgehead atoms. The summed E-state index contributed by atoms with van der Waals surface area (Å²) in [6, 6.07) is 4.25. The Balaban J connectivity index is 2.49. The van der Waals surface area contributed by atoms with Crippen LogP contribution in [0.4, 0.5) is 0 Å². The van der Waals surface area contributed by atoms with Crippen LogP contribution in [0.2, 0.25) is 0 Å². The van der Waals surface area contributed by atoms with Gasteiger partial charge in [0.15, 0.2) is 5.96 Å². The zero-order valence-electron chi connectivity index (χ0n) is 10.6. The highest BCUT2D eigenvalue weighted by atomic mass is 32.1. The molecule has 1 atom stereocenters. The SMILES string of the molecule is C=CCNC(=NCC(C)c1cccs1)NCC. The molecule has 0 amide bonds. The summed E-state index contributed by atoms with van der Waals surface area (Å²) < 4.78 is 0. The van der Waals surface area contributed by atoms with Gasteiger partial charge in [0.05, 0.1) is 6.54 Å². The fourth-order valence-corrected chi connectivity index (χ4v) is 2.18. The molecule has 94 valence electrons. The first-order valence-corrected chi connectivity index (χ1v) is 6.82. The second-order valence-corrected chi connectivity index (χ2v) is 4.78. The summed E-state index contributed by atoms with van der Waals surface area (Å²) in [5, 5.41) is 8.52. The number of nitrogens with zero attached hydrogens (tertiary/aromatic N) is 1.